The van der Waals surface area contributed by atoms with Crippen LogP contribution in [0, 0.1) is 0 Å². The Morgan fingerprint density at radius 1 is 1.12 bits per heavy atom. The van der Waals surface area contributed by atoms with Crippen molar-refractivity contribution in [3.8, 4) is 11.5 Å². The van der Waals surface area contributed by atoms with Gasteiger partial charge in [-0.1, -0.05) is 18.2 Å². The average molecular weight is 214 g/mol. The lowest BCUT2D eigenvalue weighted by Gasteiger charge is -2.05. The number of para-hydroxylation sites is 1. The Kier molecular flexibility index (Phi) is 2.82. The first-order valence-corrected chi connectivity index (χ1v) is 4.74. The zero-order chi connectivity index (χ0) is 11.4. The molecule has 1 aromatic carbocycles. The monoisotopic (exact) mass is 214 g/mol. The summed E-state index contributed by atoms with van der Waals surface area (Å²) >= 11 is 0. The Labute approximate surface area is 92.7 Å². The maximum absolute atomic E-state index is 10.9. The van der Waals surface area contributed by atoms with Crippen molar-refractivity contribution in [3.05, 3.63) is 54.4 Å². The van der Waals surface area contributed by atoms with Crippen molar-refractivity contribution in [2.24, 2.45) is 5.73 Å². The van der Waals surface area contributed by atoms with Gasteiger partial charge < -0.3 is 10.5 Å². The predicted octanol–water partition coefficient (Wildman–Crippen LogP) is 1.97. The summed E-state index contributed by atoms with van der Waals surface area (Å²) in [6.45, 7) is 0. The number of carbonyl (C=O) groups is 1. The minimum atomic E-state index is -0.571. The standard InChI is InChI=1S/C12H10N2O2/c13-12(15)11-8-10(6-7-14-11)16-9-4-2-1-3-5-9/h1-8H,(H2,13,15). The van der Waals surface area contributed by atoms with Gasteiger partial charge in [-0.25, -0.2) is 0 Å². The molecule has 0 spiro atoms. The summed E-state index contributed by atoms with van der Waals surface area (Å²) in [5.41, 5.74) is 5.31. The lowest BCUT2D eigenvalue weighted by atomic mass is 10.3. The fraction of sp³-hybridized carbons (Fsp3) is 0. The van der Waals surface area contributed by atoms with Crippen LogP contribution in [-0.4, -0.2) is 10.9 Å². The molecule has 2 rings (SSSR count). The highest BCUT2D eigenvalue weighted by Crippen LogP contribution is 2.20. The Balaban J connectivity index is 2.22. The highest BCUT2D eigenvalue weighted by atomic mass is 16.5. The van der Waals surface area contributed by atoms with E-state index in [0.29, 0.717) is 11.5 Å². The molecule has 0 atom stereocenters. The van der Waals surface area contributed by atoms with Crippen LogP contribution in [0.5, 0.6) is 11.5 Å². The maximum Gasteiger partial charge on any atom is 0.267 e. The molecule has 2 N–H and O–H groups in total. The molecule has 0 aliphatic carbocycles. The maximum atomic E-state index is 10.9. The first-order valence-electron chi connectivity index (χ1n) is 4.74. The number of primary amides is 1. The van der Waals surface area contributed by atoms with Gasteiger partial charge in [0.2, 0.25) is 0 Å². The van der Waals surface area contributed by atoms with Crippen LogP contribution in [0.2, 0.25) is 0 Å². The first kappa shape index (κ1) is 10.2. The van der Waals surface area contributed by atoms with E-state index in [1.807, 2.05) is 30.3 Å². The molecule has 16 heavy (non-hydrogen) atoms. The van der Waals surface area contributed by atoms with E-state index in [2.05, 4.69) is 4.98 Å². The molecule has 1 amide bonds. The molecule has 4 heteroatoms. The van der Waals surface area contributed by atoms with Gasteiger partial charge in [0.25, 0.3) is 5.91 Å². The van der Waals surface area contributed by atoms with Crippen molar-refractivity contribution in [3.63, 3.8) is 0 Å². The fourth-order valence-electron chi connectivity index (χ4n) is 1.23. The van der Waals surface area contributed by atoms with E-state index in [-0.39, 0.29) is 5.69 Å². The largest absolute Gasteiger partial charge is 0.457 e. The highest BCUT2D eigenvalue weighted by molar-refractivity contribution is 5.91. The fourth-order valence-corrected chi connectivity index (χ4v) is 1.23. The number of ether oxygens (including phenoxy) is 1. The Hall–Kier alpha value is -2.36. The highest BCUT2D eigenvalue weighted by Gasteiger charge is 2.03. The van der Waals surface area contributed by atoms with Crippen molar-refractivity contribution in [1.82, 2.24) is 4.98 Å². The van der Waals surface area contributed by atoms with Gasteiger partial charge >= 0.3 is 0 Å². The zero-order valence-corrected chi connectivity index (χ0v) is 8.46. The topological polar surface area (TPSA) is 65.2 Å². The van der Waals surface area contributed by atoms with Crippen molar-refractivity contribution < 1.29 is 9.53 Å². The van der Waals surface area contributed by atoms with Crippen LogP contribution >= 0.6 is 0 Å². The second-order valence-corrected chi connectivity index (χ2v) is 3.16. The van der Waals surface area contributed by atoms with Crippen LogP contribution < -0.4 is 10.5 Å². The summed E-state index contributed by atoms with van der Waals surface area (Å²) in [4.78, 5) is 14.7. The summed E-state index contributed by atoms with van der Waals surface area (Å²) in [5, 5.41) is 0. The molecular weight excluding hydrogens is 204 g/mol. The second-order valence-electron chi connectivity index (χ2n) is 3.16. The lowest BCUT2D eigenvalue weighted by molar-refractivity contribution is 0.0995. The molecular formula is C12H10N2O2. The van der Waals surface area contributed by atoms with Gasteiger partial charge in [0.15, 0.2) is 0 Å². The number of rotatable bonds is 3. The molecule has 0 radical (unpaired) electrons. The SMILES string of the molecule is NC(=O)c1cc(Oc2ccccc2)ccn1. The number of aromatic nitrogens is 1. The summed E-state index contributed by atoms with van der Waals surface area (Å²) in [7, 11) is 0. The number of amides is 1. The van der Waals surface area contributed by atoms with Gasteiger partial charge in [-0.2, -0.15) is 0 Å². The van der Waals surface area contributed by atoms with Gasteiger partial charge in [0.1, 0.15) is 17.2 Å². The summed E-state index contributed by atoms with van der Waals surface area (Å²) < 4.78 is 5.52. The molecule has 1 heterocycles. The molecule has 0 fully saturated rings. The van der Waals surface area contributed by atoms with E-state index < -0.39 is 5.91 Å². The summed E-state index contributed by atoms with van der Waals surface area (Å²) in [5.74, 6) is 0.664. The van der Waals surface area contributed by atoms with Crippen LogP contribution in [0.3, 0.4) is 0 Å². The minimum absolute atomic E-state index is 0.188. The minimum Gasteiger partial charge on any atom is -0.457 e. The van der Waals surface area contributed by atoms with Crippen LogP contribution in [-0.2, 0) is 0 Å². The van der Waals surface area contributed by atoms with Gasteiger partial charge in [-0.05, 0) is 18.2 Å². The Morgan fingerprint density at radius 2 is 1.88 bits per heavy atom. The summed E-state index contributed by atoms with van der Waals surface area (Å²) in [6, 6.07) is 12.5. The molecule has 0 saturated carbocycles. The van der Waals surface area contributed by atoms with E-state index in [4.69, 9.17) is 10.5 Å². The van der Waals surface area contributed by atoms with Crippen LogP contribution in [0.15, 0.2) is 48.7 Å². The second kappa shape index (κ2) is 4.44. The third-order valence-corrected chi connectivity index (χ3v) is 1.96. The van der Waals surface area contributed by atoms with Crippen molar-refractivity contribution in [1.29, 1.82) is 0 Å². The number of pyridine rings is 1. The van der Waals surface area contributed by atoms with Gasteiger partial charge in [0, 0.05) is 12.3 Å². The predicted molar refractivity (Wildman–Crippen MR) is 59.3 cm³/mol. The van der Waals surface area contributed by atoms with Crippen LogP contribution in [0.4, 0.5) is 0 Å². The molecule has 0 saturated heterocycles. The molecule has 0 aliphatic rings. The van der Waals surface area contributed by atoms with Crippen LogP contribution in [0.1, 0.15) is 10.5 Å². The number of nitrogens with zero attached hydrogens (tertiary/aromatic N) is 1. The van der Waals surface area contributed by atoms with E-state index >= 15 is 0 Å². The molecule has 0 aliphatic heterocycles. The van der Waals surface area contributed by atoms with E-state index in [9.17, 15) is 4.79 Å². The Bertz CT molecular complexity index is 497. The van der Waals surface area contributed by atoms with Gasteiger partial charge in [0.05, 0.1) is 0 Å². The van der Waals surface area contributed by atoms with Crippen LogP contribution in [0.25, 0.3) is 0 Å². The summed E-state index contributed by atoms with van der Waals surface area (Å²) in [6.07, 6.45) is 1.48. The Morgan fingerprint density at radius 3 is 2.56 bits per heavy atom. The number of hydrogen-bond donors (Lipinski definition) is 1. The average Bonchev–Trinajstić information content (AvgIpc) is 2.30. The third-order valence-electron chi connectivity index (χ3n) is 1.96. The van der Waals surface area contributed by atoms with Crippen molar-refractivity contribution >= 4 is 5.91 Å². The smallest absolute Gasteiger partial charge is 0.267 e. The van der Waals surface area contributed by atoms with Crippen molar-refractivity contribution in [2.45, 2.75) is 0 Å². The van der Waals surface area contributed by atoms with E-state index in [0.717, 1.165) is 0 Å². The quantitative estimate of drug-likeness (QED) is 0.849. The zero-order valence-electron chi connectivity index (χ0n) is 8.46. The van der Waals surface area contributed by atoms with Gasteiger partial charge in [-0.15, -0.1) is 0 Å². The normalized spacial score (nSPS) is 9.75. The number of hydrogen-bond acceptors (Lipinski definition) is 3. The molecule has 80 valence electrons. The molecule has 0 bridgehead atoms. The number of nitrogens with two attached hydrogens (primary N) is 1. The number of benzene rings is 1. The van der Waals surface area contributed by atoms with Gasteiger partial charge in [-0.3, -0.25) is 9.78 Å². The molecule has 2 aromatic rings. The first-order chi connectivity index (χ1) is 7.75. The molecule has 1 aromatic heterocycles. The third kappa shape index (κ3) is 2.36. The van der Waals surface area contributed by atoms with Crippen molar-refractivity contribution in [2.75, 3.05) is 0 Å². The number of carbonyl (C=O) groups excluding carboxylic acids is 1. The molecule has 4 nitrogen and oxygen atoms in total. The lowest BCUT2D eigenvalue weighted by Crippen LogP contribution is -2.12. The van der Waals surface area contributed by atoms with E-state index in [1.54, 1.807) is 6.07 Å². The van der Waals surface area contributed by atoms with E-state index in [1.165, 1.54) is 12.3 Å². The molecule has 0 unspecified atom stereocenters.